The van der Waals surface area contributed by atoms with Crippen LogP contribution in [0.2, 0.25) is 0 Å². The van der Waals surface area contributed by atoms with Gasteiger partial charge in [0, 0.05) is 4.47 Å². The first-order valence-corrected chi connectivity index (χ1v) is 5.08. The Balaban J connectivity index is 2.56. The maximum atomic E-state index is 3.59. The van der Waals surface area contributed by atoms with Crippen molar-refractivity contribution in [2.75, 3.05) is 0 Å². The molecular weight excluding hydrogens is 212 g/mol. The Bertz CT molecular complexity index is 337. The standard InChI is InChI=1S/C11H11Br/c1-2-8-6-9-4-3-5-10(9)11(12)7-8/h3,5-7H,2,4H2,1H3. The van der Waals surface area contributed by atoms with E-state index in [0.717, 1.165) is 12.8 Å². The number of aryl methyl sites for hydroxylation is 1. The highest BCUT2D eigenvalue weighted by molar-refractivity contribution is 9.10. The van der Waals surface area contributed by atoms with Crippen molar-refractivity contribution < 1.29 is 0 Å². The first kappa shape index (κ1) is 8.06. The van der Waals surface area contributed by atoms with E-state index in [0.29, 0.717) is 0 Å². The molecule has 1 aromatic rings. The fourth-order valence-electron chi connectivity index (χ4n) is 1.60. The maximum absolute atomic E-state index is 3.59. The van der Waals surface area contributed by atoms with E-state index < -0.39 is 0 Å². The fraction of sp³-hybridized carbons (Fsp3) is 0.273. The molecule has 1 heteroatoms. The molecule has 0 fully saturated rings. The largest absolute Gasteiger partial charge is 0.0795 e. The second-order valence-corrected chi connectivity index (χ2v) is 3.96. The van der Waals surface area contributed by atoms with E-state index >= 15 is 0 Å². The van der Waals surface area contributed by atoms with Gasteiger partial charge in [0.2, 0.25) is 0 Å². The molecule has 2 rings (SSSR count). The van der Waals surface area contributed by atoms with Crippen molar-refractivity contribution in [3.8, 4) is 0 Å². The minimum Gasteiger partial charge on any atom is -0.0795 e. The van der Waals surface area contributed by atoms with Crippen LogP contribution in [0.5, 0.6) is 0 Å². The molecule has 1 aliphatic rings. The summed E-state index contributed by atoms with van der Waals surface area (Å²) in [6.07, 6.45) is 6.63. The second-order valence-electron chi connectivity index (χ2n) is 3.11. The highest BCUT2D eigenvalue weighted by Gasteiger charge is 2.09. The highest BCUT2D eigenvalue weighted by atomic mass is 79.9. The van der Waals surface area contributed by atoms with Gasteiger partial charge < -0.3 is 0 Å². The van der Waals surface area contributed by atoms with Crippen LogP contribution in [-0.2, 0) is 12.8 Å². The maximum Gasteiger partial charge on any atom is 0.0253 e. The molecule has 0 aliphatic heterocycles. The van der Waals surface area contributed by atoms with Gasteiger partial charge in [0.1, 0.15) is 0 Å². The normalized spacial score (nSPS) is 13.5. The van der Waals surface area contributed by atoms with Gasteiger partial charge in [0.25, 0.3) is 0 Å². The van der Waals surface area contributed by atoms with Crippen LogP contribution in [0, 0.1) is 0 Å². The molecule has 62 valence electrons. The zero-order chi connectivity index (χ0) is 8.55. The first-order chi connectivity index (χ1) is 5.81. The molecule has 0 spiro atoms. The van der Waals surface area contributed by atoms with Crippen LogP contribution in [-0.4, -0.2) is 0 Å². The molecule has 0 radical (unpaired) electrons. The first-order valence-electron chi connectivity index (χ1n) is 4.29. The van der Waals surface area contributed by atoms with Crippen molar-refractivity contribution in [2.45, 2.75) is 19.8 Å². The van der Waals surface area contributed by atoms with Crippen molar-refractivity contribution in [1.29, 1.82) is 0 Å². The van der Waals surface area contributed by atoms with Crippen LogP contribution in [0.4, 0.5) is 0 Å². The van der Waals surface area contributed by atoms with Gasteiger partial charge in [0.15, 0.2) is 0 Å². The third-order valence-electron chi connectivity index (χ3n) is 2.31. The summed E-state index contributed by atoms with van der Waals surface area (Å²) in [5.41, 5.74) is 4.25. The lowest BCUT2D eigenvalue weighted by Gasteiger charge is -2.04. The molecule has 0 heterocycles. The number of benzene rings is 1. The summed E-state index contributed by atoms with van der Waals surface area (Å²) in [6.45, 7) is 2.19. The number of halogens is 1. The molecule has 12 heavy (non-hydrogen) atoms. The van der Waals surface area contributed by atoms with E-state index in [1.54, 1.807) is 0 Å². The lowest BCUT2D eigenvalue weighted by molar-refractivity contribution is 1.12. The van der Waals surface area contributed by atoms with Crippen LogP contribution in [0.3, 0.4) is 0 Å². The molecular formula is C11H11Br. The average molecular weight is 223 g/mol. The summed E-state index contributed by atoms with van der Waals surface area (Å²) in [7, 11) is 0. The summed E-state index contributed by atoms with van der Waals surface area (Å²) < 4.78 is 1.24. The van der Waals surface area contributed by atoms with E-state index in [4.69, 9.17) is 0 Å². The molecule has 0 saturated heterocycles. The highest BCUT2D eigenvalue weighted by Crippen LogP contribution is 2.29. The quantitative estimate of drug-likeness (QED) is 0.682. The number of hydrogen-bond donors (Lipinski definition) is 0. The molecule has 0 aromatic heterocycles. The minimum absolute atomic E-state index is 1.10. The van der Waals surface area contributed by atoms with Crippen molar-refractivity contribution in [3.63, 3.8) is 0 Å². The van der Waals surface area contributed by atoms with Crippen molar-refractivity contribution in [1.82, 2.24) is 0 Å². The molecule has 1 aromatic carbocycles. The monoisotopic (exact) mass is 222 g/mol. The van der Waals surface area contributed by atoms with E-state index in [2.05, 4.69) is 47.1 Å². The molecule has 0 N–H and O–H groups in total. The lowest BCUT2D eigenvalue weighted by Crippen LogP contribution is -1.88. The fourth-order valence-corrected chi connectivity index (χ4v) is 2.28. The van der Waals surface area contributed by atoms with Crippen LogP contribution < -0.4 is 0 Å². The SMILES string of the molecule is CCc1cc(Br)c2c(c1)CC=C2. The number of hydrogen-bond acceptors (Lipinski definition) is 0. The van der Waals surface area contributed by atoms with Crippen molar-refractivity contribution in [3.05, 3.63) is 39.4 Å². The smallest absolute Gasteiger partial charge is 0.0253 e. The minimum atomic E-state index is 1.10. The van der Waals surface area contributed by atoms with Crippen LogP contribution in [0.25, 0.3) is 6.08 Å². The molecule has 0 atom stereocenters. The Hall–Kier alpha value is -0.560. The van der Waals surface area contributed by atoms with Gasteiger partial charge in [0.05, 0.1) is 0 Å². The molecule has 0 unspecified atom stereocenters. The van der Waals surface area contributed by atoms with Gasteiger partial charge in [-0.2, -0.15) is 0 Å². The predicted molar refractivity (Wildman–Crippen MR) is 56.3 cm³/mol. The summed E-state index contributed by atoms with van der Waals surface area (Å²) in [4.78, 5) is 0. The summed E-state index contributed by atoms with van der Waals surface area (Å²) in [5.74, 6) is 0. The van der Waals surface area contributed by atoms with Crippen LogP contribution >= 0.6 is 15.9 Å². The zero-order valence-electron chi connectivity index (χ0n) is 7.10. The Morgan fingerprint density at radius 3 is 3.00 bits per heavy atom. The third-order valence-corrected chi connectivity index (χ3v) is 2.96. The number of allylic oxidation sites excluding steroid dienone is 1. The Kier molecular flexibility index (Phi) is 2.05. The molecule has 0 saturated carbocycles. The Morgan fingerprint density at radius 2 is 2.25 bits per heavy atom. The van der Waals surface area contributed by atoms with Gasteiger partial charge >= 0.3 is 0 Å². The summed E-state index contributed by atoms with van der Waals surface area (Å²) >= 11 is 3.59. The van der Waals surface area contributed by atoms with Gasteiger partial charge in [-0.3, -0.25) is 0 Å². The molecule has 0 amide bonds. The third kappa shape index (κ3) is 1.22. The van der Waals surface area contributed by atoms with Crippen molar-refractivity contribution in [2.24, 2.45) is 0 Å². The van der Waals surface area contributed by atoms with E-state index in [1.165, 1.54) is 21.2 Å². The van der Waals surface area contributed by atoms with Crippen LogP contribution in [0.1, 0.15) is 23.6 Å². The Morgan fingerprint density at radius 1 is 1.42 bits per heavy atom. The van der Waals surface area contributed by atoms with Gasteiger partial charge in [-0.15, -0.1) is 0 Å². The Labute approximate surface area is 81.4 Å². The molecule has 0 bridgehead atoms. The van der Waals surface area contributed by atoms with Crippen molar-refractivity contribution >= 4 is 22.0 Å². The lowest BCUT2D eigenvalue weighted by atomic mass is 10.0. The van der Waals surface area contributed by atoms with E-state index in [9.17, 15) is 0 Å². The number of rotatable bonds is 1. The average Bonchev–Trinajstić information content (AvgIpc) is 2.52. The summed E-state index contributed by atoms with van der Waals surface area (Å²) in [5, 5.41) is 0. The number of fused-ring (bicyclic) bond motifs is 1. The van der Waals surface area contributed by atoms with E-state index in [-0.39, 0.29) is 0 Å². The van der Waals surface area contributed by atoms with Crippen LogP contribution in [0.15, 0.2) is 22.7 Å². The summed E-state index contributed by atoms with van der Waals surface area (Å²) in [6, 6.07) is 4.52. The second kappa shape index (κ2) is 3.06. The topological polar surface area (TPSA) is 0 Å². The molecule has 1 aliphatic carbocycles. The molecule has 0 nitrogen and oxygen atoms in total. The van der Waals surface area contributed by atoms with E-state index in [1.807, 2.05) is 0 Å². The van der Waals surface area contributed by atoms with Gasteiger partial charge in [-0.25, -0.2) is 0 Å². The predicted octanol–water partition coefficient (Wildman–Crippen LogP) is 3.58. The van der Waals surface area contributed by atoms with Gasteiger partial charge in [-0.1, -0.05) is 41.1 Å². The van der Waals surface area contributed by atoms with Gasteiger partial charge in [-0.05, 0) is 35.6 Å². The zero-order valence-corrected chi connectivity index (χ0v) is 8.69.